The molecule has 0 aliphatic carbocycles. The number of nitrogens with zero attached hydrogens (tertiary/aromatic N) is 3. The number of aromatic hydroxyl groups is 1. The highest BCUT2D eigenvalue weighted by atomic mass is 32.2. The maximum atomic E-state index is 12.6. The summed E-state index contributed by atoms with van der Waals surface area (Å²) < 4.78 is 24.9. The molecule has 0 saturated heterocycles. The fourth-order valence-electron chi connectivity index (χ4n) is 3.84. The van der Waals surface area contributed by atoms with Gasteiger partial charge in [-0.05, 0) is 43.3 Å². The zero-order valence-electron chi connectivity index (χ0n) is 20.6. The second-order valence-corrected chi connectivity index (χ2v) is 10.5. The van der Waals surface area contributed by atoms with E-state index in [-0.39, 0.29) is 11.8 Å². The van der Waals surface area contributed by atoms with E-state index in [4.69, 9.17) is 4.99 Å². The Balaban J connectivity index is 1.83. The predicted molar refractivity (Wildman–Crippen MR) is 144 cm³/mol. The maximum absolute atomic E-state index is 12.6. The zero-order valence-corrected chi connectivity index (χ0v) is 21.4. The van der Waals surface area contributed by atoms with Gasteiger partial charge in [0, 0.05) is 42.7 Å². The van der Waals surface area contributed by atoms with Gasteiger partial charge in [-0.2, -0.15) is 0 Å². The fraction of sp³-hybridized carbons (Fsp3) is 0.185. The molecule has 0 aliphatic rings. The number of H-pyrrole nitrogens is 1. The largest absolute Gasteiger partial charge is 0.494 e. The summed E-state index contributed by atoms with van der Waals surface area (Å²) in [6.07, 6.45) is 1.14. The molecule has 1 amide bonds. The molecular formula is C27H28N4O4S. The van der Waals surface area contributed by atoms with Gasteiger partial charge in [0.05, 0.1) is 28.9 Å². The van der Waals surface area contributed by atoms with Gasteiger partial charge in [-0.15, -0.1) is 0 Å². The lowest BCUT2D eigenvalue weighted by Gasteiger charge is -2.16. The second kappa shape index (κ2) is 9.87. The van der Waals surface area contributed by atoms with Gasteiger partial charge in [0.2, 0.25) is 10.0 Å². The number of rotatable bonds is 7. The van der Waals surface area contributed by atoms with Crippen molar-refractivity contribution in [1.82, 2.24) is 9.88 Å². The van der Waals surface area contributed by atoms with E-state index in [0.717, 1.165) is 17.2 Å². The number of amides is 1. The molecule has 36 heavy (non-hydrogen) atoms. The van der Waals surface area contributed by atoms with E-state index in [1.807, 2.05) is 37.3 Å². The topological polar surface area (TPSA) is 106 Å². The van der Waals surface area contributed by atoms with Crippen LogP contribution < -0.4 is 4.31 Å². The Morgan fingerprint density at radius 2 is 1.64 bits per heavy atom. The number of carbonyl (C=O) groups is 1. The molecule has 0 bridgehead atoms. The van der Waals surface area contributed by atoms with Crippen LogP contribution in [0.2, 0.25) is 0 Å². The molecule has 0 saturated carbocycles. The van der Waals surface area contributed by atoms with E-state index in [0.29, 0.717) is 40.3 Å². The number of carbonyl (C=O) groups excluding carboxylic acids is 1. The molecular weight excluding hydrogens is 476 g/mol. The van der Waals surface area contributed by atoms with Crippen molar-refractivity contribution in [2.75, 3.05) is 31.2 Å². The number of hydrogen-bond donors (Lipinski definition) is 2. The summed E-state index contributed by atoms with van der Waals surface area (Å²) in [6.45, 7) is 2.49. The first-order chi connectivity index (χ1) is 17.1. The van der Waals surface area contributed by atoms with Crippen LogP contribution in [0.5, 0.6) is 5.88 Å². The Morgan fingerprint density at radius 3 is 2.25 bits per heavy atom. The summed E-state index contributed by atoms with van der Waals surface area (Å²) in [7, 11) is -0.154. The number of aromatic nitrogens is 1. The number of fused-ring (bicyclic) bond motifs is 1. The van der Waals surface area contributed by atoms with Crippen molar-refractivity contribution in [3.63, 3.8) is 0 Å². The molecule has 0 atom stereocenters. The van der Waals surface area contributed by atoms with Crippen molar-refractivity contribution in [2.24, 2.45) is 4.99 Å². The fourth-order valence-corrected chi connectivity index (χ4v) is 4.34. The standard InChI is InChI=1S/C27H28N4O4S/c1-5-30(2)27(33)19-11-16-22-23(17-19)29-26(32)24(22)25(18-9-7-6-8-10-18)28-20-12-14-21(15-13-20)31(3)36(4,34)35/h6-17,29,32H,5H2,1-4H3. The van der Waals surface area contributed by atoms with E-state index < -0.39 is 10.0 Å². The monoisotopic (exact) mass is 504 g/mol. The van der Waals surface area contributed by atoms with Gasteiger partial charge in [0.15, 0.2) is 5.88 Å². The molecule has 9 heteroatoms. The maximum Gasteiger partial charge on any atom is 0.253 e. The third-order valence-corrected chi connectivity index (χ3v) is 7.29. The smallest absolute Gasteiger partial charge is 0.253 e. The summed E-state index contributed by atoms with van der Waals surface area (Å²) in [5.41, 5.74) is 4.07. The number of benzene rings is 3. The Kier molecular flexibility index (Phi) is 6.85. The SMILES string of the molecule is CCN(C)C(=O)c1ccc2c(C(=Nc3ccc(N(C)S(C)(=O)=O)cc3)c3ccccc3)c(O)[nH]c2c1. The lowest BCUT2D eigenvalue weighted by Crippen LogP contribution is -2.26. The van der Waals surface area contributed by atoms with E-state index in [9.17, 15) is 18.3 Å². The van der Waals surface area contributed by atoms with Crippen LogP contribution in [0.4, 0.5) is 11.4 Å². The third-order valence-electron chi connectivity index (χ3n) is 6.08. The van der Waals surface area contributed by atoms with E-state index in [2.05, 4.69) is 4.98 Å². The van der Waals surface area contributed by atoms with Crippen LogP contribution in [0.25, 0.3) is 10.9 Å². The highest BCUT2D eigenvalue weighted by Crippen LogP contribution is 2.32. The number of nitrogens with one attached hydrogen (secondary N) is 1. The van der Waals surface area contributed by atoms with Crippen molar-refractivity contribution in [1.29, 1.82) is 0 Å². The molecule has 4 aromatic rings. The Morgan fingerprint density at radius 1 is 0.972 bits per heavy atom. The Bertz CT molecular complexity index is 1540. The van der Waals surface area contributed by atoms with Crippen LogP contribution >= 0.6 is 0 Å². The molecule has 2 N–H and O–H groups in total. The summed E-state index contributed by atoms with van der Waals surface area (Å²) in [4.78, 5) is 22.1. The number of aliphatic imine (C=N–C) groups is 1. The Labute approximate surface area is 210 Å². The average Bonchev–Trinajstić information content (AvgIpc) is 3.20. The van der Waals surface area contributed by atoms with Gasteiger partial charge in [-0.1, -0.05) is 36.4 Å². The second-order valence-electron chi connectivity index (χ2n) is 8.50. The van der Waals surface area contributed by atoms with Gasteiger partial charge in [0.25, 0.3) is 5.91 Å². The minimum Gasteiger partial charge on any atom is -0.494 e. The first-order valence-electron chi connectivity index (χ1n) is 11.4. The quantitative estimate of drug-likeness (QED) is 0.361. The predicted octanol–water partition coefficient (Wildman–Crippen LogP) is 4.53. The van der Waals surface area contributed by atoms with Gasteiger partial charge in [-0.25, -0.2) is 13.4 Å². The van der Waals surface area contributed by atoms with Crippen LogP contribution in [0.1, 0.15) is 28.4 Å². The van der Waals surface area contributed by atoms with E-state index in [1.165, 1.54) is 11.4 Å². The van der Waals surface area contributed by atoms with E-state index in [1.54, 1.807) is 54.4 Å². The highest BCUT2D eigenvalue weighted by molar-refractivity contribution is 7.92. The molecule has 3 aromatic carbocycles. The van der Waals surface area contributed by atoms with Crippen LogP contribution in [0.15, 0.2) is 77.8 Å². The molecule has 8 nitrogen and oxygen atoms in total. The number of aromatic amines is 1. The first-order valence-corrected chi connectivity index (χ1v) is 13.2. The number of anilines is 1. The van der Waals surface area contributed by atoms with Gasteiger partial charge in [-0.3, -0.25) is 9.10 Å². The van der Waals surface area contributed by atoms with Gasteiger partial charge < -0.3 is 15.0 Å². The highest BCUT2D eigenvalue weighted by Gasteiger charge is 2.20. The van der Waals surface area contributed by atoms with Crippen LogP contribution in [-0.4, -0.2) is 61.9 Å². The van der Waals surface area contributed by atoms with Crippen molar-refractivity contribution < 1.29 is 18.3 Å². The minimum absolute atomic E-state index is 0.0607. The molecule has 0 unspecified atom stereocenters. The molecule has 0 radical (unpaired) electrons. The van der Waals surface area contributed by atoms with Crippen LogP contribution in [0, 0.1) is 0 Å². The summed E-state index contributed by atoms with van der Waals surface area (Å²) in [5, 5.41) is 11.7. The minimum atomic E-state index is -3.38. The number of hydrogen-bond acceptors (Lipinski definition) is 5. The average molecular weight is 505 g/mol. The lowest BCUT2D eigenvalue weighted by molar-refractivity contribution is 0.0802. The molecule has 0 spiro atoms. The molecule has 186 valence electrons. The van der Waals surface area contributed by atoms with Crippen LogP contribution in [0.3, 0.4) is 0 Å². The van der Waals surface area contributed by atoms with E-state index >= 15 is 0 Å². The number of sulfonamides is 1. The van der Waals surface area contributed by atoms with Gasteiger partial charge >= 0.3 is 0 Å². The lowest BCUT2D eigenvalue weighted by atomic mass is 10.00. The zero-order chi connectivity index (χ0) is 26.0. The molecule has 1 heterocycles. The summed E-state index contributed by atoms with van der Waals surface area (Å²) in [5.74, 6) is -0.166. The van der Waals surface area contributed by atoms with Crippen molar-refractivity contribution in [3.05, 3.63) is 89.5 Å². The van der Waals surface area contributed by atoms with Crippen molar-refractivity contribution in [3.8, 4) is 5.88 Å². The molecule has 1 aromatic heterocycles. The normalized spacial score (nSPS) is 12.1. The van der Waals surface area contributed by atoms with Crippen LogP contribution in [-0.2, 0) is 10.0 Å². The molecule has 0 fully saturated rings. The first kappa shape index (κ1) is 25.0. The van der Waals surface area contributed by atoms with Crippen molar-refractivity contribution >= 4 is 43.9 Å². The Hall–Kier alpha value is -4.11. The van der Waals surface area contributed by atoms with Crippen molar-refractivity contribution in [2.45, 2.75) is 6.92 Å². The van der Waals surface area contributed by atoms with Gasteiger partial charge in [0.1, 0.15) is 0 Å². The summed E-state index contributed by atoms with van der Waals surface area (Å²) in [6, 6.07) is 21.6. The molecule has 0 aliphatic heterocycles. The summed E-state index contributed by atoms with van der Waals surface area (Å²) >= 11 is 0. The third kappa shape index (κ3) is 4.96. The molecule has 4 rings (SSSR count).